The van der Waals surface area contributed by atoms with Crippen LogP contribution in [0.15, 0.2) is 69.7 Å². The first-order valence-corrected chi connectivity index (χ1v) is 12.8. The highest BCUT2D eigenvalue weighted by molar-refractivity contribution is 9.10. The SMILES string of the molecule is O=C(Cc1csc2nc(-c3ccc(Br)cc3)cn12)N/N=C1/SCC(=O)N1c1ccc([N+](=O)[O-])cc1. The minimum atomic E-state index is -0.511. The molecule has 0 unspecified atom stereocenters. The maximum atomic E-state index is 12.6. The Morgan fingerprint density at radius 2 is 1.94 bits per heavy atom. The van der Waals surface area contributed by atoms with Crippen molar-refractivity contribution in [1.82, 2.24) is 14.8 Å². The summed E-state index contributed by atoms with van der Waals surface area (Å²) in [6, 6.07) is 13.4. The first kappa shape index (κ1) is 23.2. The van der Waals surface area contributed by atoms with Crippen LogP contribution in [0.5, 0.6) is 0 Å². The number of hydrazone groups is 1. The molecule has 176 valence electrons. The first-order valence-electron chi connectivity index (χ1n) is 10.2. The Morgan fingerprint density at radius 1 is 1.20 bits per heavy atom. The van der Waals surface area contributed by atoms with E-state index in [2.05, 4.69) is 31.4 Å². The van der Waals surface area contributed by atoms with Gasteiger partial charge in [0.2, 0.25) is 11.8 Å². The standard InChI is InChI=1S/C22H15BrN6O4S2/c23-14-3-1-13(2-4-14)18-10-27-17(11-34-21(27)24-18)9-19(30)25-26-22-28(20(31)12-35-22)15-5-7-16(8-6-15)29(32)33/h1-8,10-11H,9,12H2,(H,25,30)/b26-22+. The van der Waals surface area contributed by atoms with Crippen molar-refractivity contribution in [3.05, 3.63) is 80.4 Å². The molecule has 4 aromatic rings. The lowest BCUT2D eigenvalue weighted by atomic mass is 10.2. The third-order valence-corrected chi connectivity index (χ3v) is 7.47. The fourth-order valence-electron chi connectivity index (χ4n) is 3.45. The Morgan fingerprint density at radius 3 is 2.66 bits per heavy atom. The van der Waals surface area contributed by atoms with Crippen LogP contribution in [0.25, 0.3) is 16.2 Å². The average Bonchev–Trinajstić information content (AvgIpc) is 3.54. The van der Waals surface area contributed by atoms with Gasteiger partial charge >= 0.3 is 0 Å². The van der Waals surface area contributed by atoms with E-state index in [4.69, 9.17) is 0 Å². The molecule has 1 aliphatic heterocycles. The molecule has 13 heteroatoms. The van der Waals surface area contributed by atoms with Gasteiger partial charge in [0, 0.05) is 39.4 Å². The second-order valence-electron chi connectivity index (χ2n) is 7.41. The lowest BCUT2D eigenvalue weighted by Crippen LogP contribution is -2.31. The number of imidazole rings is 1. The number of amidine groups is 1. The molecule has 10 nitrogen and oxygen atoms in total. The Hall–Kier alpha value is -3.55. The number of benzene rings is 2. The molecule has 2 amide bonds. The number of fused-ring (bicyclic) bond motifs is 1. The number of aromatic nitrogens is 2. The van der Waals surface area contributed by atoms with Crippen molar-refractivity contribution < 1.29 is 14.5 Å². The highest BCUT2D eigenvalue weighted by atomic mass is 79.9. The Kier molecular flexibility index (Phi) is 6.36. The summed E-state index contributed by atoms with van der Waals surface area (Å²) in [7, 11) is 0. The molecule has 1 saturated heterocycles. The summed E-state index contributed by atoms with van der Waals surface area (Å²) in [6.07, 6.45) is 1.97. The summed E-state index contributed by atoms with van der Waals surface area (Å²) >= 11 is 6.05. The first-order chi connectivity index (χ1) is 16.9. The number of carbonyl (C=O) groups excluding carboxylic acids is 2. The van der Waals surface area contributed by atoms with Crippen LogP contribution in [-0.2, 0) is 16.0 Å². The molecule has 0 aliphatic carbocycles. The number of nitrogens with zero attached hydrogens (tertiary/aromatic N) is 5. The average molecular weight is 571 g/mol. The predicted octanol–water partition coefficient (Wildman–Crippen LogP) is 4.44. The van der Waals surface area contributed by atoms with Crippen LogP contribution in [0.2, 0.25) is 0 Å². The third-order valence-electron chi connectivity index (χ3n) is 5.13. The van der Waals surface area contributed by atoms with Gasteiger partial charge < -0.3 is 0 Å². The topological polar surface area (TPSA) is 122 Å². The minimum absolute atomic E-state index is 0.0725. The fraction of sp³-hybridized carbons (Fsp3) is 0.0909. The minimum Gasteiger partial charge on any atom is -0.294 e. The van der Waals surface area contributed by atoms with Gasteiger partial charge in [0.15, 0.2) is 10.1 Å². The predicted molar refractivity (Wildman–Crippen MR) is 139 cm³/mol. The molecule has 0 spiro atoms. The number of thioether (sulfide) groups is 1. The van der Waals surface area contributed by atoms with E-state index in [1.54, 1.807) is 0 Å². The highest BCUT2D eigenvalue weighted by Gasteiger charge is 2.30. The number of nitro benzene ring substituents is 1. The van der Waals surface area contributed by atoms with E-state index in [-0.39, 0.29) is 29.7 Å². The molecular formula is C22H15BrN6O4S2. The molecule has 2 aromatic carbocycles. The van der Waals surface area contributed by atoms with Crippen molar-refractivity contribution in [3.63, 3.8) is 0 Å². The second kappa shape index (κ2) is 9.60. The number of amides is 2. The van der Waals surface area contributed by atoms with Gasteiger partial charge in [-0.15, -0.1) is 16.4 Å². The van der Waals surface area contributed by atoms with Crippen LogP contribution in [0.3, 0.4) is 0 Å². The Bertz CT molecular complexity index is 1480. The van der Waals surface area contributed by atoms with Gasteiger partial charge in [-0.2, -0.15) is 0 Å². The number of halogens is 1. The van der Waals surface area contributed by atoms with Crippen molar-refractivity contribution in [2.75, 3.05) is 10.7 Å². The van der Waals surface area contributed by atoms with Crippen LogP contribution < -0.4 is 10.3 Å². The van der Waals surface area contributed by atoms with Crippen molar-refractivity contribution in [1.29, 1.82) is 0 Å². The summed E-state index contributed by atoms with van der Waals surface area (Å²) in [5.41, 5.74) is 5.42. The molecule has 1 fully saturated rings. The quantitative estimate of drug-likeness (QED) is 0.270. The van der Waals surface area contributed by atoms with E-state index in [0.29, 0.717) is 10.9 Å². The molecule has 0 radical (unpaired) electrons. The smallest absolute Gasteiger partial charge is 0.269 e. The largest absolute Gasteiger partial charge is 0.294 e. The third kappa shape index (κ3) is 4.83. The molecule has 5 rings (SSSR count). The zero-order valence-electron chi connectivity index (χ0n) is 17.8. The molecule has 3 heterocycles. The molecule has 0 saturated carbocycles. The molecule has 2 aromatic heterocycles. The summed E-state index contributed by atoms with van der Waals surface area (Å²) in [6.45, 7) is 0. The van der Waals surface area contributed by atoms with Crippen molar-refractivity contribution in [2.24, 2.45) is 5.10 Å². The van der Waals surface area contributed by atoms with Gasteiger partial charge in [-0.05, 0) is 24.3 Å². The van der Waals surface area contributed by atoms with Crippen molar-refractivity contribution >= 4 is 72.3 Å². The van der Waals surface area contributed by atoms with E-state index in [1.807, 2.05) is 40.2 Å². The van der Waals surface area contributed by atoms with E-state index in [1.165, 1.54) is 52.3 Å². The lowest BCUT2D eigenvalue weighted by Gasteiger charge is -2.15. The summed E-state index contributed by atoms with van der Waals surface area (Å²) in [4.78, 5) is 42.1. The van der Waals surface area contributed by atoms with Gasteiger partial charge in [0.05, 0.1) is 28.5 Å². The second-order valence-corrected chi connectivity index (χ2v) is 10.1. The number of nitrogens with one attached hydrogen (secondary N) is 1. The summed E-state index contributed by atoms with van der Waals surface area (Å²) in [5.74, 6) is -0.417. The monoisotopic (exact) mass is 570 g/mol. The summed E-state index contributed by atoms with van der Waals surface area (Å²) in [5, 5.41) is 17.2. The zero-order chi connectivity index (χ0) is 24.5. The molecule has 0 atom stereocenters. The Balaban J connectivity index is 1.30. The normalized spacial score (nSPS) is 14.7. The number of carbonyl (C=O) groups is 2. The van der Waals surface area contributed by atoms with Crippen LogP contribution in [-0.4, -0.2) is 37.0 Å². The zero-order valence-corrected chi connectivity index (χ0v) is 21.0. The van der Waals surface area contributed by atoms with Crippen LogP contribution >= 0.6 is 39.0 Å². The van der Waals surface area contributed by atoms with Crippen LogP contribution in [0, 0.1) is 10.1 Å². The number of anilines is 1. The molecule has 1 N–H and O–H groups in total. The molecular weight excluding hydrogens is 556 g/mol. The number of hydrogen-bond donors (Lipinski definition) is 1. The fourth-order valence-corrected chi connectivity index (χ4v) is 5.42. The van der Waals surface area contributed by atoms with Gasteiger partial charge in [0.25, 0.3) is 5.69 Å². The molecule has 35 heavy (non-hydrogen) atoms. The van der Waals surface area contributed by atoms with E-state index < -0.39 is 4.92 Å². The number of nitro groups is 1. The number of non-ortho nitro benzene ring substituents is 1. The maximum absolute atomic E-state index is 12.6. The highest BCUT2D eigenvalue weighted by Crippen LogP contribution is 2.28. The molecule has 0 bridgehead atoms. The molecule has 1 aliphatic rings. The number of hydrogen-bond acceptors (Lipinski definition) is 8. The van der Waals surface area contributed by atoms with Gasteiger partial charge in [-0.25, -0.2) is 10.4 Å². The van der Waals surface area contributed by atoms with Crippen molar-refractivity contribution in [2.45, 2.75) is 6.42 Å². The number of rotatable bonds is 6. The van der Waals surface area contributed by atoms with E-state index in [9.17, 15) is 19.7 Å². The lowest BCUT2D eigenvalue weighted by molar-refractivity contribution is -0.384. The van der Waals surface area contributed by atoms with Crippen LogP contribution in [0.4, 0.5) is 11.4 Å². The van der Waals surface area contributed by atoms with E-state index in [0.717, 1.165) is 26.4 Å². The summed E-state index contributed by atoms with van der Waals surface area (Å²) < 4.78 is 2.86. The number of thiazole rings is 1. The van der Waals surface area contributed by atoms with Gasteiger partial charge in [-0.1, -0.05) is 39.8 Å². The van der Waals surface area contributed by atoms with Gasteiger partial charge in [-0.3, -0.25) is 29.0 Å². The van der Waals surface area contributed by atoms with Crippen molar-refractivity contribution in [3.8, 4) is 11.3 Å². The maximum Gasteiger partial charge on any atom is 0.269 e. The van der Waals surface area contributed by atoms with E-state index >= 15 is 0 Å². The van der Waals surface area contributed by atoms with Gasteiger partial charge in [0.1, 0.15) is 0 Å². The Labute approximate surface area is 214 Å². The van der Waals surface area contributed by atoms with Crippen LogP contribution in [0.1, 0.15) is 5.69 Å².